The Morgan fingerprint density at radius 3 is 3.00 bits per heavy atom. The third-order valence-electron chi connectivity index (χ3n) is 2.66. The van der Waals surface area contributed by atoms with Crippen molar-refractivity contribution < 1.29 is 14.6 Å². The Kier molecular flexibility index (Phi) is 3.88. The standard InChI is InChI=1S/C12H17NO3/c1-9-2-3-10(13-7-9)6-11(14)12-8-15-4-5-16-12/h2-3,7,11-12,14H,4-6,8H2,1H3. The van der Waals surface area contributed by atoms with Gasteiger partial charge in [0.2, 0.25) is 0 Å². The third kappa shape index (κ3) is 3.01. The molecule has 16 heavy (non-hydrogen) atoms. The summed E-state index contributed by atoms with van der Waals surface area (Å²) in [6, 6.07) is 3.93. The van der Waals surface area contributed by atoms with E-state index < -0.39 is 6.10 Å². The second-order valence-electron chi connectivity index (χ2n) is 4.08. The molecule has 0 aromatic carbocycles. The fourth-order valence-electron chi connectivity index (χ4n) is 1.69. The molecule has 0 amide bonds. The lowest BCUT2D eigenvalue weighted by atomic mass is 10.1. The van der Waals surface area contributed by atoms with E-state index in [1.54, 1.807) is 6.20 Å². The van der Waals surface area contributed by atoms with Gasteiger partial charge in [0, 0.05) is 18.3 Å². The molecule has 1 aliphatic heterocycles. The number of rotatable bonds is 3. The van der Waals surface area contributed by atoms with Crippen LogP contribution in [0, 0.1) is 6.92 Å². The average molecular weight is 223 g/mol. The van der Waals surface area contributed by atoms with Crippen molar-refractivity contribution in [3.63, 3.8) is 0 Å². The molecule has 0 saturated carbocycles. The van der Waals surface area contributed by atoms with Crippen LogP contribution in [0.15, 0.2) is 18.3 Å². The first-order valence-electron chi connectivity index (χ1n) is 5.54. The predicted molar refractivity (Wildman–Crippen MR) is 59.2 cm³/mol. The SMILES string of the molecule is Cc1ccc(CC(O)C2COCCO2)nc1. The summed E-state index contributed by atoms with van der Waals surface area (Å²) in [5, 5.41) is 9.95. The van der Waals surface area contributed by atoms with Gasteiger partial charge >= 0.3 is 0 Å². The van der Waals surface area contributed by atoms with E-state index in [1.807, 2.05) is 19.1 Å². The number of hydrogen-bond donors (Lipinski definition) is 1. The van der Waals surface area contributed by atoms with Gasteiger partial charge in [0.1, 0.15) is 6.10 Å². The van der Waals surface area contributed by atoms with Crippen LogP contribution in [0.1, 0.15) is 11.3 Å². The normalized spacial score (nSPS) is 23.0. The van der Waals surface area contributed by atoms with Gasteiger partial charge in [-0.2, -0.15) is 0 Å². The van der Waals surface area contributed by atoms with Crippen LogP contribution in [0.2, 0.25) is 0 Å². The Morgan fingerprint density at radius 2 is 2.38 bits per heavy atom. The Labute approximate surface area is 95.2 Å². The maximum atomic E-state index is 9.95. The molecule has 4 heteroatoms. The van der Waals surface area contributed by atoms with Gasteiger partial charge < -0.3 is 14.6 Å². The van der Waals surface area contributed by atoms with Crippen molar-refractivity contribution in [2.75, 3.05) is 19.8 Å². The fourth-order valence-corrected chi connectivity index (χ4v) is 1.69. The number of nitrogens with zero attached hydrogens (tertiary/aromatic N) is 1. The zero-order valence-corrected chi connectivity index (χ0v) is 9.43. The van der Waals surface area contributed by atoms with Gasteiger partial charge in [0.25, 0.3) is 0 Å². The van der Waals surface area contributed by atoms with Crippen LogP contribution >= 0.6 is 0 Å². The van der Waals surface area contributed by atoms with Crippen molar-refractivity contribution in [1.29, 1.82) is 0 Å². The third-order valence-corrected chi connectivity index (χ3v) is 2.66. The maximum Gasteiger partial charge on any atom is 0.107 e. The van der Waals surface area contributed by atoms with E-state index >= 15 is 0 Å². The fraction of sp³-hybridized carbons (Fsp3) is 0.583. The van der Waals surface area contributed by atoms with Crippen molar-refractivity contribution in [2.24, 2.45) is 0 Å². The van der Waals surface area contributed by atoms with Crippen LogP contribution < -0.4 is 0 Å². The quantitative estimate of drug-likeness (QED) is 0.820. The van der Waals surface area contributed by atoms with Crippen LogP contribution in [-0.2, 0) is 15.9 Å². The lowest BCUT2D eigenvalue weighted by Gasteiger charge is -2.26. The second kappa shape index (κ2) is 5.39. The molecule has 2 rings (SSSR count). The van der Waals surface area contributed by atoms with Gasteiger partial charge in [0.05, 0.1) is 25.9 Å². The van der Waals surface area contributed by atoms with Crippen molar-refractivity contribution in [3.8, 4) is 0 Å². The minimum Gasteiger partial charge on any atom is -0.390 e. The molecule has 1 aromatic rings. The number of aliphatic hydroxyl groups excluding tert-OH is 1. The molecule has 1 aliphatic rings. The van der Waals surface area contributed by atoms with E-state index in [9.17, 15) is 5.11 Å². The first-order valence-corrected chi connectivity index (χ1v) is 5.54. The molecule has 4 nitrogen and oxygen atoms in total. The van der Waals surface area contributed by atoms with Gasteiger partial charge in [0.15, 0.2) is 0 Å². The monoisotopic (exact) mass is 223 g/mol. The number of aromatic nitrogens is 1. The Bertz CT molecular complexity index is 320. The van der Waals surface area contributed by atoms with Gasteiger partial charge in [-0.25, -0.2) is 0 Å². The van der Waals surface area contributed by atoms with Crippen LogP contribution in [0.3, 0.4) is 0 Å². The minimum absolute atomic E-state index is 0.225. The van der Waals surface area contributed by atoms with E-state index in [-0.39, 0.29) is 6.10 Å². The highest BCUT2D eigenvalue weighted by Gasteiger charge is 2.23. The summed E-state index contributed by atoms with van der Waals surface area (Å²) in [4.78, 5) is 4.26. The van der Waals surface area contributed by atoms with Crippen LogP contribution in [0.5, 0.6) is 0 Å². The molecule has 1 saturated heterocycles. The van der Waals surface area contributed by atoms with Crippen molar-refractivity contribution >= 4 is 0 Å². The summed E-state index contributed by atoms with van der Waals surface area (Å²) in [6.07, 6.45) is 1.54. The van der Waals surface area contributed by atoms with Crippen molar-refractivity contribution in [2.45, 2.75) is 25.6 Å². The molecule has 1 N–H and O–H groups in total. The number of aliphatic hydroxyl groups is 1. The highest BCUT2D eigenvalue weighted by atomic mass is 16.6. The zero-order chi connectivity index (χ0) is 11.4. The van der Waals surface area contributed by atoms with E-state index in [1.165, 1.54) is 0 Å². The summed E-state index contributed by atoms with van der Waals surface area (Å²) in [5.74, 6) is 0. The van der Waals surface area contributed by atoms with Crippen LogP contribution in [0.25, 0.3) is 0 Å². The highest BCUT2D eigenvalue weighted by Crippen LogP contribution is 2.10. The first kappa shape index (κ1) is 11.5. The maximum absolute atomic E-state index is 9.95. The number of aryl methyl sites for hydroxylation is 1. The van der Waals surface area contributed by atoms with Crippen LogP contribution in [0.4, 0.5) is 0 Å². The molecule has 2 heterocycles. The number of pyridine rings is 1. The van der Waals surface area contributed by atoms with Gasteiger partial charge in [-0.1, -0.05) is 6.07 Å². The highest BCUT2D eigenvalue weighted by molar-refractivity contribution is 5.13. The summed E-state index contributed by atoms with van der Waals surface area (Å²) in [6.45, 7) is 3.63. The second-order valence-corrected chi connectivity index (χ2v) is 4.08. The zero-order valence-electron chi connectivity index (χ0n) is 9.43. The number of ether oxygens (including phenoxy) is 2. The Morgan fingerprint density at radius 1 is 1.50 bits per heavy atom. The van der Waals surface area contributed by atoms with Gasteiger partial charge in [-0.15, -0.1) is 0 Å². The van der Waals surface area contributed by atoms with E-state index in [0.717, 1.165) is 11.3 Å². The Hall–Kier alpha value is -0.970. The molecular formula is C12H17NO3. The largest absolute Gasteiger partial charge is 0.390 e. The predicted octanol–water partition coefficient (Wildman–Crippen LogP) is 0.709. The van der Waals surface area contributed by atoms with E-state index in [0.29, 0.717) is 26.2 Å². The minimum atomic E-state index is -0.546. The summed E-state index contributed by atoms with van der Waals surface area (Å²) < 4.78 is 10.7. The molecule has 1 fully saturated rings. The molecule has 0 radical (unpaired) electrons. The molecule has 0 bridgehead atoms. The summed E-state index contributed by atoms with van der Waals surface area (Å²) in [5.41, 5.74) is 2.00. The molecule has 2 unspecified atom stereocenters. The smallest absolute Gasteiger partial charge is 0.107 e. The topological polar surface area (TPSA) is 51.6 Å². The Balaban J connectivity index is 1.90. The van der Waals surface area contributed by atoms with Crippen molar-refractivity contribution in [1.82, 2.24) is 4.98 Å². The molecule has 0 aliphatic carbocycles. The first-order chi connectivity index (χ1) is 7.75. The number of hydrogen-bond acceptors (Lipinski definition) is 4. The van der Waals surface area contributed by atoms with Crippen molar-refractivity contribution in [3.05, 3.63) is 29.6 Å². The van der Waals surface area contributed by atoms with Gasteiger partial charge in [-0.05, 0) is 18.6 Å². The lowest BCUT2D eigenvalue weighted by molar-refractivity contribution is -0.131. The molecule has 0 spiro atoms. The van der Waals surface area contributed by atoms with E-state index in [4.69, 9.17) is 9.47 Å². The lowest BCUT2D eigenvalue weighted by Crippen LogP contribution is -2.39. The molecule has 1 aromatic heterocycles. The molecule has 88 valence electrons. The average Bonchev–Trinajstić information content (AvgIpc) is 2.33. The van der Waals surface area contributed by atoms with Crippen LogP contribution in [-0.4, -0.2) is 42.1 Å². The van der Waals surface area contributed by atoms with Gasteiger partial charge in [-0.3, -0.25) is 4.98 Å². The summed E-state index contributed by atoms with van der Waals surface area (Å²) >= 11 is 0. The molecule has 2 atom stereocenters. The summed E-state index contributed by atoms with van der Waals surface area (Å²) in [7, 11) is 0. The van der Waals surface area contributed by atoms with E-state index in [2.05, 4.69) is 4.98 Å². The molecular weight excluding hydrogens is 206 g/mol.